The molecule has 8 aromatic carbocycles. The van der Waals surface area contributed by atoms with Crippen molar-refractivity contribution < 1.29 is 69.5 Å². The van der Waals surface area contributed by atoms with E-state index in [1.807, 2.05) is 64.1 Å². The topological polar surface area (TPSA) is 213 Å². The summed E-state index contributed by atoms with van der Waals surface area (Å²) in [7, 11) is 3.79. The summed E-state index contributed by atoms with van der Waals surface area (Å²) in [5, 5.41) is 17.8. The molecule has 0 aliphatic heterocycles. The average molecular weight is 1730 g/mol. The van der Waals surface area contributed by atoms with E-state index in [2.05, 4.69) is 152 Å². The van der Waals surface area contributed by atoms with Crippen LogP contribution in [0, 0.1) is 62.6 Å². The standard InChI is InChI=1S/C16H23FO.C13H19NO2.C11H16FN.C11H15F.C11H17N.2C8H8FNO2.C6H6FN.2FH.2HI/c1-15(2,3)12-9-13(11-14(17)10-12)16(18)7-5-4-6-8-16;1-9-8-10(13(2,3)4)6-7-11(9)14-12(15)16-5;1-7-5-8(11(2,3)4)6-9(12)10(7)13;1-8-5-9(11(2,3)4)7-10(12)6-8;1-8-7-9(11(2,3)4)5-6-10(8)12;2*1-12-8(11)10-7-5-3-2-4-6(7)9;7-5-3-1-2-4-6(5)8;;;;/h9-11,18H,4-8H2,1-3H3;6-8H,1-5H3,(H,14,15);5-6H,13H2,1-4H3;5-7H,1-4H3;5-7H,12H2,1-4H3;2*2-5H,1H3,(H,10,11);1-4H,8H2;4*1H. The highest BCUT2D eigenvalue weighted by molar-refractivity contribution is 14.0. The van der Waals surface area contributed by atoms with Crippen molar-refractivity contribution in [1.82, 2.24) is 0 Å². The van der Waals surface area contributed by atoms with Crippen LogP contribution in [0.1, 0.15) is 192 Å². The summed E-state index contributed by atoms with van der Waals surface area (Å²) in [6.07, 6.45) is 2.92. The van der Waals surface area contributed by atoms with E-state index in [1.54, 1.807) is 42.5 Å². The number of aliphatic hydroxyl groups is 1. The minimum Gasteiger partial charge on any atom is -0.453 e. The van der Waals surface area contributed by atoms with Gasteiger partial charge in [0.25, 0.3) is 0 Å². The van der Waals surface area contributed by atoms with Gasteiger partial charge in [-0.1, -0.05) is 202 Å². The van der Waals surface area contributed by atoms with E-state index in [0.717, 1.165) is 76.0 Å². The summed E-state index contributed by atoms with van der Waals surface area (Å²) in [6, 6.07) is 43.8. The maximum Gasteiger partial charge on any atom is 0.411 e. The van der Waals surface area contributed by atoms with Crippen molar-refractivity contribution in [2.75, 3.05) is 54.5 Å². The van der Waals surface area contributed by atoms with E-state index in [9.17, 15) is 45.8 Å². The van der Waals surface area contributed by atoms with Gasteiger partial charge in [0.1, 0.15) is 34.9 Å². The Morgan fingerprint density at radius 1 is 0.383 bits per heavy atom. The molecular weight excluding hydrogens is 1610 g/mol. The molecule has 0 unspecified atom stereocenters. The smallest absolute Gasteiger partial charge is 0.411 e. The normalized spacial score (nSPS) is 11.8. The van der Waals surface area contributed by atoms with Crippen LogP contribution in [0.3, 0.4) is 0 Å². The quantitative estimate of drug-likeness (QED) is 0.0383. The van der Waals surface area contributed by atoms with Gasteiger partial charge in [0.15, 0.2) is 0 Å². The molecule has 1 aliphatic rings. The van der Waals surface area contributed by atoms with Crippen molar-refractivity contribution in [2.24, 2.45) is 0 Å². The zero-order chi connectivity index (χ0) is 78.6. The van der Waals surface area contributed by atoms with Crippen molar-refractivity contribution in [3.63, 3.8) is 0 Å². The first-order chi connectivity index (χ1) is 47.6. The van der Waals surface area contributed by atoms with Gasteiger partial charge in [0.2, 0.25) is 0 Å². The molecule has 10 N–H and O–H groups in total. The number of rotatable bonds is 4. The summed E-state index contributed by atoms with van der Waals surface area (Å²) in [5.74, 6) is -2.01. The van der Waals surface area contributed by atoms with Crippen molar-refractivity contribution in [3.05, 3.63) is 248 Å². The number of amides is 3. The second kappa shape index (κ2) is 46.9. The molecule has 0 saturated heterocycles. The van der Waals surface area contributed by atoms with Crippen LogP contribution in [0.4, 0.5) is 84.3 Å². The summed E-state index contributed by atoms with van der Waals surface area (Å²) in [4.78, 5) is 32.3. The van der Waals surface area contributed by atoms with Crippen molar-refractivity contribution in [1.29, 1.82) is 0 Å². The number of nitrogens with one attached hydrogen (secondary N) is 3. The van der Waals surface area contributed by atoms with Crippen LogP contribution < -0.4 is 33.2 Å². The number of hydrogen-bond acceptors (Lipinski definition) is 10. The fraction of sp³-hybridized carbons (Fsp3) is 0.393. The average Bonchev–Trinajstić information content (AvgIpc) is 0.794. The fourth-order valence-corrected chi connectivity index (χ4v) is 9.57. The first-order valence-corrected chi connectivity index (χ1v) is 34.0. The van der Waals surface area contributed by atoms with Crippen molar-refractivity contribution in [3.8, 4) is 0 Å². The molecule has 0 radical (unpaired) electrons. The molecule has 0 bridgehead atoms. The Bertz CT molecular complexity index is 3910. The Morgan fingerprint density at radius 2 is 0.738 bits per heavy atom. The summed E-state index contributed by atoms with van der Waals surface area (Å²) in [6.45, 7) is 39.5. The van der Waals surface area contributed by atoms with Crippen LogP contribution in [0.25, 0.3) is 0 Å². The Hall–Kier alpha value is -8.17. The fourth-order valence-electron chi connectivity index (χ4n) is 9.57. The molecule has 8 aromatic rings. The molecule has 1 saturated carbocycles. The van der Waals surface area contributed by atoms with Crippen LogP contribution in [0.15, 0.2) is 158 Å². The highest BCUT2D eigenvalue weighted by Crippen LogP contribution is 2.39. The van der Waals surface area contributed by atoms with Gasteiger partial charge >= 0.3 is 18.3 Å². The first kappa shape index (κ1) is 103. The van der Waals surface area contributed by atoms with Gasteiger partial charge in [-0.3, -0.25) is 25.4 Å². The number of nitrogen functional groups attached to an aromatic ring is 3. The Balaban J connectivity index is -0.00000116. The second-order valence-electron chi connectivity index (χ2n) is 30.2. The third-order valence-corrected chi connectivity index (χ3v) is 16.2. The molecule has 0 heterocycles. The zero-order valence-corrected chi connectivity index (χ0v) is 70.7. The van der Waals surface area contributed by atoms with Gasteiger partial charge in [-0.25, -0.2) is 40.7 Å². The molecule has 0 aromatic heterocycles. The van der Waals surface area contributed by atoms with Gasteiger partial charge in [0.05, 0.1) is 49.7 Å². The number of nitrogens with two attached hydrogens (primary N) is 3. The number of carbonyl (C=O) groups is 3. The van der Waals surface area contributed by atoms with Crippen LogP contribution >= 0.6 is 48.0 Å². The molecule has 1 aliphatic carbocycles. The number of benzene rings is 8. The molecule has 23 heteroatoms. The van der Waals surface area contributed by atoms with E-state index >= 15 is 0 Å². The van der Waals surface area contributed by atoms with E-state index in [4.69, 9.17) is 17.2 Å². The number of ether oxygens (including phenoxy) is 3. The Kier molecular flexibility index (Phi) is 45.2. The minimum absolute atomic E-state index is 0. The van der Waals surface area contributed by atoms with Gasteiger partial charge < -0.3 is 36.5 Å². The number of halogens is 10. The van der Waals surface area contributed by atoms with Crippen LogP contribution in [-0.4, -0.2) is 44.7 Å². The predicted octanol–water partition coefficient (Wildman–Crippen LogP) is 24.0. The summed E-state index contributed by atoms with van der Waals surface area (Å²) >= 11 is 0. The molecule has 0 atom stereocenters. The number of hydrogen-bond donors (Lipinski definition) is 7. The molecule has 9 rings (SSSR count). The molecular formula is C84H116F8I2N6O7. The maximum atomic E-state index is 13.8. The van der Waals surface area contributed by atoms with Crippen molar-refractivity contribution >= 4 is 100 Å². The van der Waals surface area contributed by atoms with Crippen LogP contribution in [-0.2, 0) is 46.9 Å². The van der Waals surface area contributed by atoms with Crippen LogP contribution in [0.5, 0.6) is 0 Å². The molecule has 594 valence electrons. The maximum absolute atomic E-state index is 13.8. The van der Waals surface area contributed by atoms with Gasteiger partial charge in [-0.15, -0.1) is 48.0 Å². The van der Waals surface area contributed by atoms with Crippen LogP contribution in [0.2, 0.25) is 0 Å². The Labute approximate surface area is 664 Å². The van der Waals surface area contributed by atoms with E-state index in [-0.39, 0.29) is 130 Å². The predicted molar refractivity (Wildman–Crippen MR) is 448 cm³/mol. The lowest BCUT2D eigenvalue weighted by Gasteiger charge is -2.33. The van der Waals surface area contributed by atoms with E-state index in [0.29, 0.717) is 0 Å². The number of carbonyl (C=O) groups excluding carboxylic acids is 3. The van der Waals surface area contributed by atoms with Crippen molar-refractivity contribution in [2.45, 2.75) is 196 Å². The SMILES string of the molecule is CC(C)(C)c1cc(F)cc(C2(O)CCCCC2)c1.COC(=O)Nc1ccc(C(C)(C)C)cc1C.COC(=O)Nc1ccccc1F.COC(=O)Nc1ccccc1F.Cc1cc(C(C)(C)C)cc(F)c1N.Cc1cc(C(C)(C)C)ccc1N.Cc1cc(F)cc(C(C)(C)C)c1.F.F.I.I.Nc1ccccc1F. The Morgan fingerprint density at radius 3 is 1.09 bits per heavy atom. The monoisotopic (exact) mass is 1730 g/mol. The molecule has 3 amide bonds. The van der Waals surface area contributed by atoms with Gasteiger partial charge in [-0.05, 0) is 202 Å². The number of para-hydroxylation sites is 3. The lowest BCUT2D eigenvalue weighted by Crippen LogP contribution is -2.29. The number of methoxy groups -OCH3 is 3. The molecule has 1 fully saturated rings. The van der Waals surface area contributed by atoms with E-state index < -0.39 is 35.5 Å². The molecule has 107 heavy (non-hydrogen) atoms. The first-order valence-electron chi connectivity index (χ1n) is 34.0. The lowest BCUT2D eigenvalue weighted by atomic mass is 9.77. The number of anilines is 6. The van der Waals surface area contributed by atoms with E-state index in [1.165, 1.54) is 105 Å². The molecule has 13 nitrogen and oxygen atoms in total. The third kappa shape index (κ3) is 37.5. The second-order valence-corrected chi connectivity index (χ2v) is 30.2. The minimum atomic E-state index is -0.819. The third-order valence-electron chi connectivity index (χ3n) is 16.2. The highest BCUT2D eigenvalue weighted by Gasteiger charge is 2.33. The highest BCUT2D eigenvalue weighted by atomic mass is 127. The molecule has 0 spiro atoms. The summed E-state index contributed by atoms with van der Waals surface area (Å²) < 4.78 is 90.9. The van der Waals surface area contributed by atoms with Gasteiger partial charge in [-0.2, -0.15) is 0 Å². The van der Waals surface area contributed by atoms with Gasteiger partial charge in [0, 0.05) is 11.4 Å². The largest absolute Gasteiger partial charge is 0.453 e. The zero-order valence-electron chi connectivity index (χ0n) is 66.1. The number of aryl methyl sites for hydroxylation is 4. The summed E-state index contributed by atoms with van der Waals surface area (Å²) in [5.41, 5.74) is 28.5. The lowest BCUT2D eigenvalue weighted by molar-refractivity contribution is -0.00101.